The SMILES string of the molecule is CCCCn1c(-c2ccc3ccc4cccc5ccc2c3c45)nc(-c2ccccc2)c1-c1ccccc1. The molecule has 2 heteroatoms. The zero-order chi connectivity index (χ0) is 24.8. The number of rotatable bonds is 6. The molecule has 0 saturated carbocycles. The van der Waals surface area contributed by atoms with Gasteiger partial charge in [0.05, 0.1) is 11.4 Å². The standard InChI is InChI=1S/C35H28N2/c1-2-3-23-37-34(28-13-8-5-9-14-28)33(27-11-6-4-7-12-27)36-35(37)30-22-20-26-18-17-24-15-10-16-25-19-21-29(30)32(26)31(24)25/h4-22H,2-3,23H2,1H3. The minimum atomic E-state index is 0.928. The fourth-order valence-electron chi connectivity index (χ4n) is 5.81. The molecule has 178 valence electrons. The Hall–Kier alpha value is -4.43. The molecule has 37 heavy (non-hydrogen) atoms. The van der Waals surface area contributed by atoms with Gasteiger partial charge in [-0.15, -0.1) is 0 Å². The predicted octanol–water partition coefficient (Wildman–Crippen LogP) is 9.58. The van der Waals surface area contributed by atoms with Gasteiger partial charge in [-0.2, -0.15) is 0 Å². The Morgan fingerprint density at radius 3 is 1.92 bits per heavy atom. The van der Waals surface area contributed by atoms with Crippen molar-refractivity contribution in [2.75, 3.05) is 0 Å². The molecule has 0 fully saturated rings. The first-order valence-corrected chi connectivity index (χ1v) is 13.2. The number of aromatic nitrogens is 2. The topological polar surface area (TPSA) is 17.8 Å². The number of hydrogen-bond donors (Lipinski definition) is 0. The highest BCUT2D eigenvalue weighted by Gasteiger charge is 2.23. The van der Waals surface area contributed by atoms with Gasteiger partial charge in [0.2, 0.25) is 0 Å². The lowest BCUT2D eigenvalue weighted by atomic mass is 9.92. The largest absolute Gasteiger partial charge is 0.323 e. The lowest BCUT2D eigenvalue weighted by molar-refractivity contribution is 0.641. The molecule has 7 aromatic rings. The molecule has 0 aliphatic carbocycles. The monoisotopic (exact) mass is 476 g/mol. The lowest BCUT2D eigenvalue weighted by Gasteiger charge is -2.16. The second kappa shape index (κ2) is 8.90. The van der Waals surface area contributed by atoms with Gasteiger partial charge in [0.15, 0.2) is 0 Å². The Labute approximate surface area is 217 Å². The van der Waals surface area contributed by atoms with Gasteiger partial charge in [-0.25, -0.2) is 4.98 Å². The molecule has 0 bridgehead atoms. The fourth-order valence-corrected chi connectivity index (χ4v) is 5.81. The van der Waals surface area contributed by atoms with Gasteiger partial charge < -0.3 is 4.57 Å². The fraction of sp³-hybridized carbons (Fsp3) is 0.114. The van der Waals surface area contributed by atoms with E-state index in [2.05, 4.69) is 127 Å². The van der Waals surface area contributed by atoms with E-state index in [0.29, 0.717) is 0 Å². The quantitative estimate of drug-likeness (QED) is 0.218. The summed E-state index contributed by atoms with van der Waals surface area (Å²) in [7, 11) is 0. The Balaban J connectivity index is 1.58. The van der Waals surface area contributed by atoms with Gasteiger partial charge in [-0.1, -0.05) is 129 Å². The first-order valence-electron chi connectivity index (χ1n) is 13.2. The third-order valence-corrected chi connectivity index (χ3v) is 7.57. The van der Waals surface area contributed by atoms with Crippen LogP contribution in [0, 0.1) is 0 Å². The average Bonchev–Trinajstić information content (AvgIpc) is 3.34. The van der Waals surface area contributed by atoms with Crippen molar-refractivity contribution in [2.45, 2.75) is 26.3 Å². The van der Waals surface area contributed by atoms with Crippen molar-refractivity contribution in [3.05, 3.63) is 115 Å². The van der Waals surface area contributed by atoms with Crippen LogP contribution in [-0.4, -0.2) is 9.55 Å². The maximum absolute atomic E-state index is 5.43. The second-order valence-corrected chi connectivity index (χ2v) is 9.84. The van der Waals surface area contributed by atoms with E-state index in [9.17, 15) is 0 Å². The minimum Gasteiger partial charge on any atom is -0.323 e. The van der Waals surface area contributed by atoms with Gasteiger partial charge in [-0.3, -0.25) is 0 Å². The summed E-state index contributed by atoms with van der Waals surface area (Å²) in [5.41, 5.74) is 5.79. The third-order valence-electron chi connectivity index (χ3n) is 7.57. The number of nitrogens with zero attached hydrogens (tertiary/aromatic N) is 2. The molecular weight excluding hydrogens is 448 g/mol. The van der Waals surface area contributed by atoms with Crippen molar-refractivity contribution < 1.29 is 0 Å². The van der Waals surface area contributed by atoms with Crippen molar-refractivity contribution in [3.63, 3.8) is 0 Å². The summed E-state index contributed by atoms with van der Waals surface area (Å²) in [6.07, 6.45) is 2.23. The van der Waals surface area contributed by atoms with E-state index in [1.807, 2.05) is 0 Å². The first kappa shape index (κ1) is 21.8. The second-order valence-electron chi connectivity index (χ2n) is 9.84. The van der Waals surface area contributed by atoms with Crippen molar-refractivity contribution in [1.82, 2.24) is 9.55 Å². The van der Waals surface area contributed by atoms with Crippen LogP contribution in [0.25, 0.3) is 66.2 Å². The summed E-state index contributed by atoms with van der Waals surface area (Å²) in [4.78, 5) is 5.43. The summed E-state index contributed by atoms with van der Waals surface area (Å²) in [6.45, 7) is 3.19. The molecule has 2 nitrogen and oxygen atoms in total. The van der Waals surface area contributed by atoms with Gasteiger partial charge in [0.25, 0.3) is 0 Å². The van der Waals surface area contributed by atoms with E-state index in [1.54, 1.807) is 0 Å². The van der Waals surface area contributed by atoms with Crippen LogP contribution >= 0.6 is 0 Å². The maximum Gasteiger partial charge on any atom is 0.141 e. The van der Waals surface area contributed by atoms with Gasteiger partial charge >= 0.3 is 0 Å². The molecule has 0 spiro atoms. The van der Waals surface area contributed by atoms with Crippen LogP contribution in [0.15, 0.2) is 115 Å². The highest BCUT2D eigenvalue weighted by atomic mass is 15.1. The minimum absolute atomic E-state index is 0.928. The van der Waals surface area contributed by atoms with E-state index in [4.69, 9.17) is 4.98 Å². The molecule has 0 unspecified atom stereocenters. The molecular formula is C35H28N2. The van der Waals surface area contributed by atoms with Crippen molar-refractivity contribution in [3.8, 4) is 33.9 Å². The molecule has 0 amide bonds. The average molecular weight is 477 g/mol. The number of hydrogen-bond acceptors (Lipinski definition) is 1. The van der Waals surface area contributed by atoms with Crippen LogP contribution in [0.2, 0.25) is 0 Å². The third kappa shape index (κ3) is 3.52. The van der Waals surface area contributed by atoms with Crippen LogP contribution in [0.4, 0.5) is 0 Å². The smallest absolute Gasteiger partial charge is 0.141 e. The van der Waals surface area contributed by atoms with Gasteiger partial charge in [-0.05, 0) is 38.7 Å². The molecule has 0 radical (unpaired) electrons. The summed E-state index contributed by atoms with van der Waals surface area (Å²) < 4.78 is 2.47. The van der Waals surface area contributed by atoms with Crippen LogP contribution in [-0.2, 0) is 6.54 Å². The maximum atomic E-state index is 5.43. The summed E-state index contributed by atoms with van der Waals surface area (Å²) in [5.74, 6) is 1.05. The highest BCUT2D eigenvalue weighted by molar-refractivity contribution is 6.25. The van der Waals surface area contributed by atoms with Crippen LogP contribution in [0.5, 0.6) is 0 Å². The normalized spacial score (nSPS) is 11.7. The zero-order valence-electron chi connectivity index (χ0n) is 21.0. The summed E-state index contributed by atoms with van der Waals surface area (Å²) in [5, 5.41) is 7.80. The molecule has 0 saturated heterocycles. The Bertz CT molecular complexity index is 1830. The number of benzene rings is 6. The molecule has 0 aliphatic rings. The summed E-state index contributed by atoms with van der Waals surface area (Å²) >= 11 is 0. The van der Waals surface area contributed by atoms with Crippen LogP contribution in [0.3, 0.4) is 0 Å². The molecule has 1 heterocycles. The highest BCUT2D eigenvalue weighted by Crippen LogP contribution is 2.42. The van der Waals surface area contributed by atoms with Crippen molar-refractivity contribution in [1.29, 1.82) is 0 Å². The van der Waals surface area contributed by atoms with Gasteiger partial charge in [0.1, 0.15) is 5.82 Å². The Morgan fingerprint density at radius 1 is 0.595 bits per heavy atom. The lowest BCUT2D eigenvalue weighted by Crippen LogP contribution is -2.03. The number of unbranched alkanes of at least 4 members (excludes halogenated alkanes) is 1. The van der Waals surface area contributed by atoms with E-state index >= 15 is 0 Å². The zero-order valence-corrected chi connectivity index (χ0v) is 21.0. The van der Waals surface area contributed by atoms with Crippen molar-refractivity contribution >= 4 is 32.3 Å². The van der Waals surface area contributed by atoms with Crippen LogP contribution < -0.4 is 0 Å². The molecule has 0 aliphatic heterocycles. The van der Waals surface area contributed by atoms with E-state index in [-0.39, 0.29) is 0 Å². The Kier molecular flexibility index (Phi) is 5.25. The summed E-state index contributed by atoms with van der Waals surface area (Å²) in [6, 6.07) is 41.6. The molecule has 6 aromatic carbocycles. The van der Waals surface area contributed by atoms with E-state index < -0.39 is 0 Å². The molecule has 0 N–H and O–H groups in total. The van der Waals surface area contributed by atoms with Gasteiger partial charge in [0, 0.05) is 23.2 Å². The number of imidazole rings is 1. The van der Waals surface area contributed by atoms with Crippen molar-refractivity contribution in [2.24, 2.45) is 0 Å². The molecule has 7 rings (SSSR count). The molecule has 1 aromatic heterocycles. The van der Waals surface area contributed by atoms with E-state index in [1.165, 1.54) is 49.1 Å². The van der Waals surface area contributed by atoms with Crippen LogP contribution in [0.1, 0.15) is 19.8 Å². The Morgan fingerprint density at radius 2 is 1.22 bits per heavy atom. The molecule has 0 atom stereocenters. The predicted molar refractivity (Wildman–Crippen MR) is 157 cm³/mol. The first-order chi connectivity index (χ1) is 18.3. The van der Waals surface area contributed by atoms with E-state index in [0.717, 1.165) is 36.5 Å².